The van der Waals surface area contributed by atoms with Gasteiger partial charge in [-0.2, -0.15) is 0 Å². The standard InChI is InChI=1S/C22H21NO7/c1-28-19-12-16(13-3-6-15(24)7-4-13)22(29-2)21(26)20(19)14-5-8-18(17(25)11-14)30-10-9-23-27/h3-9,11-12,24-27H,10H2,1-2H3. The predicted molar refractivity (Wildman–Crippen MR) is 111 cm³/mol. The van der Waals surface area contributed by atoms with Crippen molar-refractivity contribution in [3.63, 3.8) is 0 Å². The van der Waals surface area contributed by atoms with Crippen molar-refractivity contribution in [2.24, 2.45) is 5.16 Å². The van der Waals surface area contributed by atoms with Gasteiger partial charge < -0.3 is 34.7 Å². The van der Waals surface area contributed by atoms with E-state index in [1.54, 1.807) is 24.3 Å². The minimum Gasteiger partial charge on any atom is -0.508 e. The minimum atomic E-state index is -0.166. The highest BCUT2D eigenvalue weighted by Gasteiger charge is 2.22. The van der Waals surface area contributed by atoms with Crippen molar-refractivity contribution in [3.05, 3.63) is 48.5 Å². The first kappa shape index (κ1) is 20.7. The van der Waals surface area contributed by atoms with E-state index in [0.717, 1.165) is 6.21 Å². The first-order chi connectivity index (χ1) is 14.5. The van der Waals surface area contributed by atoms with Gasteiger partial charge in [-0.25, -0.2) is 0 Å². The first-order valence-electron chi connectivity index (χ1n) is 8.89. The summed E-state index contributed by atoms with van der Waals surface area (Å²) in [6, 6.07) is 12.7. The maximum atomic E-state index is 11.0. The number of benzene rings is 3. The number of hydrogen-bond donors (Lipinski definition) is 4. The lowest BCUT2D eigenvalue weighted by molar-refractivity contribution is 0.308. The van der Waals surface area contributed by atoms with Gasteiger partial charge in [-0.1, -0.05) is 23.4 Å². The molecule has 3 rings (SSSR count). The van der Waals surface area contributed by atoms with Crippen LogP contribution in [0.4, 0.5) is 0 Å². The quantitative estimate of drug-likeness (QED) is 0.263. The highest BCUT2D eigenvalue weighted by Crippen LogP contribution is 2.50. The number of rotatable bonds is 7. The fourth-order valence-corrected chi connectivity index (χ4v) is 3.08. The van der Waals surface area contributed by atoms with Crippen LogP contribution >= 0.6 is 0 Å². The summed E-state index contributed by atoms with van der Waals surface area (Å²) in [7, 11) is 2.91. The zero-order valence-electron chi connectivity index (χ0n) is 16.4. The van der Waals surface area contributed by atoms with Gasteiger partial charge in [0.15, 0.2) is 23.0 Å². The number of nitrogens with zero attached hydrogens (tertiary/aromatic N) is 1. The molecule has 8 heteroatoms. The molecule has 0 fully saturated rings. The van der Waals surface area contributed by atoms with E-state index in [-0.39, 0.29) is 35.4 Å². The van der Waals surface area contributed by atoms with E-state index in [9.17, 15) is 15.3 Å². The zero-order valence-corrected chi connectivity index (χ0v) is 16.4. The smallest absolute Gasteiger partial charge is 0.170 e. The van der Waals surface area contributed by atoms with Crippen LogP contribution in [-0.4, -0.2) is 47.6 Å². The second kappa shape index (κ2) is 8.95. The van der Waals surface area contributed by atoms with Gasteiger partial charge in [0.2, 0.25) is 0 Å². The van der Waals surface area contributed by atoms with Gasteiger partial charge in [-0.15, -0.1) is 0 Å². The Morgan fingerprint density at radius 3 is 2.17 bits per heavy atom. The molecule has 4 N–H and O–H groups in total. The molecule has 0 spiro atoms. The second-order valence-electron chi connectivity index (χ2n) is 6.22. The Morgan fingerprint density at radius 2 is 1.57 bits per heavy atom. The molecule has 8 nitrogen and oxygen atoms in total. The molecule has 0 heterocycles. The highest BCUT2D eigenvalue weighted by atomic mass is 16.5. The van der Waals surface area contributed by atoms with E-state index in [0.29, 0.717) is 28.0 Å². The monoisotopic (exact) mass is 411 g/mol. The molecule has 0 bridgehead atoms. The predicted octanol–water partition coefficient (Wildman–Crippen LogP) is 3.99. The number of phenolic OH excluding ortho intramolecular Hbond substituents is 3. The topological polar surface area (TPSA) is 121 Å². The number of aromatic hydroxyl groups is 3. The van der Waals surface area contributed by atoms with Crippen molar-refractivity contribution < 1.29 is 34.7 Å². The molecule has 30 heavy (non-hydrogen) atoms. The third-order valence-electron chi connectivity index (χ3n) is 4.46. The molecule has 0 aliphatic carbocycles. The molecule has 3 aromatic carbocycles. The molecule has 0 atom stereocenters. The fourth-order valence-electron chi connectivity index (χ4n) is 3.08. The van der Waals surface area contributed by atoms with Crippen molar-refractivity contribution in [2.75, 3.05) is 20.8 Å². The zero-order chi connectivity index (χ0) is 21.7. The maximum Gasteiger partial charge on any atom is 0.170 e. The molecule has 0 aromatic heterocycles. The van der Waals surface area contributed by atoms with Gasteiger partial charge in [-0.3, -0.25) is 0 Å². The molecule has 0 radical (unpaired) electrons. The normalized spacial score (nSPS) is 10.9. The molecule has 0 amide bonds. The van der Waals surface area contributed by atoms with Crippen LogP contribution in [0.2, 0.25) is 0 Å². The lowest BCUT2D eigenvalue weighted by Crippen LogP contribution is -1.99. The van der Waals surface area contributed by atoms with Gasteiger partial charge in [0.1, 0.15) is 18.1 Å². The number of oxime groups is 1. The van der Waals surface area contributed by atoms with Crippen LogP contribution in [0.3, 0.4) is 0 Å². The molecule has 0 saturated heterocycles. The number of phenols is 3. The Kier molecular flexibility index (Phi) is 6.17. The highest BCUT2D eigenvalue weighted by molar-refractivity contribution is 5.88. The van der Waals surface area contributed by atoms with Gasteiger partial charge in [0, 0.05) is 5.56 Å². The average Bonchev–Trinajstić information content (AvgIpc) is 2.75. The molecule has 156 valence electrons. The fraction of sp³-hybridized carbons (Fsp3) is 0.136. The van der Waals surface area contributed by atoms with Crippen LogP contribution in [0.25, 0.3) is 22.3 Å². The Bertz CT molecular complexity index is 1060. The molecule has 0 saturated carbocycles. The van der Waals surface area contributed by atoms with E-state index in [1.807, 2.05) is 0 Å². The number of ether oxygens (including phenoxy) is 3. The summed E-state index contributed by atoms with van der Waals surface area (Å²) in [5.74, 6) is 0.549. The average molecular weight is 411 g/mol. The molecular weight excluding hydrogens is 390 g/mol. The van der Waals surface area contributed by atoms with Crippen LogP contribution in [0.1, 0.15) is 0 Å². The van der Waals surface area contributed by atoms with Gasteiger partial charge >= 0.3 is 0 Å². The van der Waals surface area contributed by atoms with E-state index in [4.69, 9.17) is 19.4 Å². The van der Waals surface area contributed by atoms with Gasteiger partial charge in [0.25, 0.3) is 0 Å². The Morgan fingerprint density at radius 1 is 0.867 bits per heavy atom. The lowest BCUT2D eigenvalue weighted by atomic mass is 9.96. The van der Waals surface area contributed by atoms with Crippen LogP contribution in [0, 0.1) is 0 Å². The van der Waals surface area contributed by atoms with Crippen molar-refractivity contribution >= 4 is 6.21 Å². The SMILES string of the molecule is COc1cc(-c2ccc(O)cc2)c(OC)c(O)c1-c1ccc(OCC=NO)c(O)c1. The molecule has 0 unspecified atom stereocenters. The molecule has 0 aliphatic heterocycles. The largest absolute Gasteiger partial charge is 0.508 e. The first-order valence-corrected chi connectivity index (χ1v) is 8.89. The summed E-state index contributed by atoms with van der Waals surface area (Å²) in [5.41, 5.74) is 2.08. The summed E-state index contributed by atoms with van der Waals surface area (Å²) in [4.78, 5) is 0. The van der Waals surface area contributed by atoms with E-state index in [1.165, 1.54) is 38.5 Å². The van der Waals surface area contributed by atoms with Gasteiger partial charge in [0.05, 0.1) is 26.0 Å². The van der Waals surface area contributed by atoms with Crippen molar-refractivity contribution in [1.29, 1.82) is 0 Å². The van der Waals surface area contributed by atoms with E-state index in [2.05, 4.69) is 5.16 Å². The maximum absolute atomic E-state index is 11.0. The summed E-state index contributed by atoms with van der Waals surface area (Å²) in [5, 5.41) is 42.0. The van der Waals surface area contributed by atoms with Gasteiger partial charge in [-0.05, 0) is 41.5 Å². The third kappa shape index (κ3) is 4.02. The lowest BCUT2D eigenvalue weighted by Gasteiger charge is -2.18. The van der Waals surface area contributed by atoms with Crippen molar-refractivity contribution in [1.82, 2.24) is 0 Å². The summed E-state index contributed by atoms with van der Waals surface area (Å²) < 4.78 is 16.2. The van der Waals surface area contributed by atoms with E-state index < -0.39 is 0 Å². The number of methoxy groups -OCH3 is 2. The minimum absolute atomic E-state index is 0.0207. The third-order valence-corrected chi connectivity index (χ3v) is 4.46. The second-order valence-corrected chi connectivity index (χ2v) is 6.22. The van der Waals surface area contributed by atoms with Crippen LogP contribution in [0.15, 0.2) is 53.7 Å². The summed E-state index contributed by atoms with van der Waals surface area (Å²) in [6.07, 6.45) is 1.13. The van der Waals surface area contributed by atoms with Crippen LogP contribution in [0.5, 0.6) is 34.5 Å². The molecular formula is C22H21NO7. The Hall–Kier alpha value is -4.07. The Balaban J connectivity index is 2.11. The van der Waals surface area contributed by atoms with Crippen LogP contribution < -0.4 is 14.2 Å². The van der Waals surface area contributed by atoms with Crippen molar-refractivity contribution in [2.45, 2.75) is 0 Å². The molecule has 0 aliphatic rings. The van der Waals surface area contributed by atoms with Crippen molar-refractivity contribution in [3.8, 4) is 56.8 Å². The molecule has 3 aromatic rings. The number of hydrogen-bond acceptors (Lipinski definition) is 8. The summed E-state index contributed by atoms with van der Waals surface area (Å²) in [6.45, 7) is -0.0207. The Labute approximate surface area is 172 Å². The van der Waals surface area contributed by atoms with E-state index >= 15 is 0 Å². The summed E-state index contributed by atoms with van der Waals surface area (Å²) >= 11 is 0. The van der Waals surface area contributed by atoms with Crippen LogP contribution in [-0.2, 0) is 0 Å².